The maximum atomic E-state index is 9.44. The molecule has 0 bridgehead atoms. The minimum atomic E-state index is -1.44. The Morgan fingerprint density at radius 2 is 1.85 bits per heavy atom. The molecule has 6 heteroatoms. The van der Waals surface area contributed by atoms with Gasteiger partial charge in [-0.05, 0) is 0 Å². The summed E-state index contributed by atoms with van der Waals surface area (Å²) in [4.78, 5) is 0. The summed E-state index contributed by atoms with van der Waals surface area (Å²) in [6.07, 6.45) is -5.76. The van der Waals surface area contributed by atoms with Gasteiger partial charge in [0.25, 0.3) is 0 Å². The van der Waals surface area contributed by atoms with Crippen LogP contribution >= 0.6 is 0 Å². The Morgan fingerprint density at radius 1 is 1.23 bits per heavy atom. The second kappa shape index (κ2) is 4.32. The van der Waals surface area contributed by atoms with Crippen LogP contribution in [0.1, 0.15) is 0 Å². The van der Waals surface area contributed by atoms with Crippen molar-refractivity contribution in [3.63, 3.8) is 0 Å². The molecule has 78 valence electrons. The van der Waals surface area contributed by atoms with Crippen LogP contribution < -0.4 is 0 Å². The molecule has 1 fully saturated rings. The van der Waals surface area contributed by atoms with Crippen molar-refractivity contribution < 1.29 is 29.9 Å². The highest BCUT2D eigenvalue weighted by molar-refractivity contribution is 4.89. The smallest absolute Gasteiger partial charge is 0.184 e. The standard InChI is InChI=1S/C7H14O6/c1-12-6-4(9)3(2-8)13-7(11)5(6)10/h3-11H,2H2,1H3/t3?,4-,5+,6?,7-/m1/s1. The van der Waals surface area contributed by atoms with Gasteiger partial charge in [-0.1, -0.05) is 0 Å². The van der Waals surface area contributed by atoms with Gasteiger partial charge in [0.15, 0.2) is 6.29 Å². The summed E-state index contributed by atoms with van der Waals surface area (Å²) in [6, 6.07) is 0. The number of hydrogen-bond acceptors (Lipinski definition) is 6. The van der Waals surface area contributed by atoms with E-state index in [-0.39, 0.29) is 0 Å². The number of aliphatic hydroxyl groups is 4. The van der Waals surface area contributed by atoms with Crippen molar-refractivity contribution in [2.75, 3.05) is 13.7 Å². The largest absolute Gasteiger partial charge is 0.394 e. The van der Waals surface area contributed by atoms with Crippen molar-refractivity contribution in [3.8, 4) is 0 Å². The van der Waals surface area contributed by atoms with Gasteiger partial charge in [-0.15, -0.1) is 0 Å². The van der Waals surface area contributed by atoms with Crippen LogP contribution in [-0.2, 0) is 9.47 Å². The second-order valence-corrected chi connectivity index (χ2v) is 2.93. The minimum absolute atomic E-state index is 0.440. The number of rotatable bonds is 2. The molecule has 1 aliphatic rings. The molecule has 0 radical (unpaired) electrons. The van der Waals surface area contributed by atoms with Gasteiger partial charge in [-0.25, -0.2) is 0 Å². The Labute approximate surface area is 75.3 Å². The molecule has 13 heavy (non-hydrogen) atoms. The zero-order valence-electron chi connectivity index (χ0n) is 7.20. The first-order valence-electron chi connectivity index (χ1n) is 3.95. The average molecular weight is 194 g/mol. The molecule has 5 atom stereocenters. The summed E-state index contributed by atoms with van der Waals surface area (Å²) < 4.78 is 9.48. The fraction of sp³-hybridized carbons (Fsp3) is 1.00. The lowest BCUT2D eigenvalue weighted by Crippen LogP contribution is -2.59. The van der Waals surface area contributed by atoms with Crippen molar-refractivity contribution in [1.82, 2.24) is 0 Å². The van der Waals surface area contributed by atoms with E-state index in [2.05, 4.69) is 0 Å². The molecule has 1 heterocycles. The Morgan fingerprint density at radius 3 is 2.31 bits per heavy atom. The monoisotopic (exact) mass is 194 g/mol. The highest BCUT2D eigenvalue weighted by Gasteiger charge is 2.43. The van der Waals surface area contributed by atoms with Crippen LogP contribution in [0, 0.1) is 0 Å². The summed E-state index contributed by atoms with van der Waals surface area (Å²) in [5.74, 6) is 0. The van der Waals surface area contributed by atoms with E-state index in [1.165, 1.54) is 7.11 Å². The fourth-order valence-corrected chi connectivity index (χ4v) is 1.35. The van der Waals surface area contributed by atoms with Gasteiger partial charge in [-0.2, -0.15) is 0 Å². The van der Waals surface area contributed by atoms with Crippen molar-refractivity contribution in [2.24, 2.45) is 0 Å². The van der Waals surface area contributed by atoms with E-state index in [9.17, 15) is 10.2 Å². The van der Waals surface area contributed by atoms with E-state index in [1.54, 1.807) is 0 Å². The van der Waals surface area contributed by atoms with E-state index < -0.39 is 37.3 Å². The highest BCUT2D eigenvalue weighted by Crippen LogP contribution is 2.21. The molecule has 2 unspecified atom stereocenters. The third-order valence-corrected chi connectivity index (χ3v) is 2.11. The summed E-state index contributed by atoms with van der Waals surface area (Å²) >= 11 is 0. The van der Waals surface area contributed by atoms with Crippen LogP contribution in [-0.4, -0.2) is 64.8 Å². The predicted molar refractivity (Wildman–Crippen MR) is 40.8 cm³/mol. The lowest BCUT2D eigenvalue weighted by atomic mass is 9.99. The molecule has 0 aliphatic carbocycles. The fourth-order valence-electron chi connectivity index (χ4n) is 1.35. The normalized spacial score (nSPS) is 46.4. The lowest BCUT2D eigenvalue weighted by Gasteiger charge is -2.39. The minimum Gasteiger partial charge on any atom is -0.394 e. The second-order valence-electron chi connectivity index (χ2n) is 2.93. The zero-order valence-corrected chi connectivity index (χ0v) is 7.20. The molecular weight excluding hydrogens is 180 g/mol. The van der Waals surface area contributed by atoms with Gasteiger partial charge in [0, 0.05) is 7.11 Å². The van der Waals surface area contributed by atoms with Crippen LogP contribution in [0.2, 0.25) is 0 Å². The van der Waals surface area contributed by atoms with Crippen LogP contribution in [0.4, 0.5) is 0 Å². The van der Waals surface area contributed by atoms with Crippen LogP contribution in [0.3, 0.4) is 0 Å². The molecule has 1 rings (SSSR count). The van der Waals surface area contributed by atoms with Crippen LogP contribution in [0.15, 0.2) is 0 Å². The molecule has 1 aliphatic heterocycles. The van der Waals surface area contributed by atoms with E-state index in [0.717, 1.165) is 0 Å². The molecule has 1 saturated heterocycles. The molecule has 0 saturated carbocycles. The van der Waals surface area contributed by atoms with Crippen molar-refractivity contribution >= 4 is 0 Å². The molecule has 0 spiro atoms. The third-order valence-electron chi connectivity index (χ3n) is 2.11. The Hall–Kier alpha value is -0.240. The van der Waals surface area contributed by atoms with Crippen LogP contribution in [0.5, 0.6) is 0 Å². The lowest BCUT2D eigenvalue weighted by molar-refractivity contribution is -0.290. The van der Waals surface area contributed by atoms with Gasteiger partial charge >= 0.3 is 0 Å². The first-order chi connectivity index (χ1) is 6.11. The zero-order chi connectivity index (χ0) is 10.0. The van der Waals surface area contributed by atoms with Gasteiger partial charge in [0.2, 0.25) is 0 Å². The van der Waals surface area contributed by atoms with Crippen molar-refractivity contribution in [1.29, 1.82) is 0 Å². The predicted octanol–water partition coefficient (Wildman–Crippen LogP) is -2.57. The molecule has 6 nitrogen and oxygen atoms in total. The Kier molecular flexibility index (Phi) is 3.60. The number of ether oxygens (including phenoxy) is 2. The van der Waals surface area contributed by atoms with Gasteiger partial charge in [0.1, 0.15) is 24.4 Å². The topological polar surface area (TPSA) is 99.4 Å². The van der Waals surface area contributed by atoms with E-state index >= 15 is 0 Å². The number of aliphatic hydroxyl groups excluding tert-OH is 4. The molecule has 4 N–H and O–H groups in total. The van der Waals surface area contributed by atoms with E-state index in [4.69, 9.17) is 19.7 Å². The first-order valence-corrected chi connectivity index (χ1v) is 3.95. The van der Waals surface area contributed by atoms with Gasteiger partial charge in [-0.3, -0.25) is 0 Å². The summed E-state index contributed by atoms with van der Waals surface area (Å²) in [5, 5.41) is 36.6. The van der Waals surface area contributed by atoms with Gasteiger partial charge < -0.3 is 29.9 Å². The van der Waals surface area contributed by atoms with Crippen LogP contribution in [0.25, 0.3) is 0 Å². The van der Waals surface area contributed by atoms with E-state index in [1.807, 2.05) is 0 Å². The maximum absolute atomic E-state index is 9.44. The molecule has 0 amide bonds. The Bertz CT molecular complexity index is 163. The Balaban J connectivity index is 2.69. The van der Waals surface area contributed by atoms with E-state index in [0.29, 0.717) is 0 Å². The quantitative estimate of drug-likeness (QED) is 0.386. The highest BCUT2D eigenvalue weighted by atomic mass is 16.6. The number of methoxy groups -OCH3 is 1. The molecule has 0 aromatic heterocycles. The molecular formula is C7H14O6. The summed E-state index contributed by atoms with van der Waals surface area (Å²) in [6.45, 7) is -0.440. The van der Waals surface area contributed by atoms with Crippen molar-refractivity contribution in [3.05, 3.63) is 0 Å². The molecule has 0 aromatic rings. The summed E-state index contributed by atoms with van der Waals surface area (Å²) in [7, 11) is 1.30. The average Bonchev–Trinajstić information content (AvgIpc) is 2.12. The maximum Gasteiger partial charge on any atom is 0.184 e. The summed E-state index contributed by atoms with van der Waals surface area (Å²) in [5.41, 5.74) is 0. The first kappa shape index (κ1) is 10.8. The van der Waals surface area contributed by atoms with Crippen molar-refractivity contribution in [2.45, 2.75) is 30.7 Å². The SMILES string of the molecule is COC1[C@H](O)C(CO)O[C@@H](O)[C@H]1O. The third kappa shape index (κ3) is 1.98. The number of hydrogen-bond donors (Lipinski definition) is 4. The molecule has 0 aromatic carbocycles. The van der Waals surface area contributed by atoms with Gasteiger partial charge in [0.05, 0.1) is 6.61 Å².